The van der Waals surface area contributed by atoms with Crippen molar-refractivity contribution in [2.75, 3.05) is 13.7 Å². The SMILES string of the molecule is CCOc1cc(CNCc2ccc(OC)cc2)c(Cl)cc1OCc1c(F)cccc1Cl. The molecule has 164 valence electrons. The van der Waals surface area contributed by atoms with Gasteiger partial charge in [0.15, 0.2) is 11.5 Å². The lowest BCUT2D eigenvalue weighted by molar-refractivity contribution is 0.265. The summed E-state index contributed by atoms with van der Waals surface area (Å²) < 4.78 is 30.7. The van der Waals surface area contributed by atoms with Crippen LogP contribution in [0.2, 0.25) is 10.0 Å². The Morgan fingerprint density at radius 2 is 1.65 bits per heavy atom. The van der Waals surface area contributed by atoms with Crippen molar-refractivity contribution in [2.45, 2.75) is 26.6 Å². The van der Waals surface area contributed by atoms with E-state index < -0.39 is 5.82 Å². The Hall–Kier alpha value is -2.47. The van der Waals surface area contributed by atoms with Crippen LogP contribution < -0.4 is 19.5 Å². The first-order valence-electron chi connectivity index (χ1n) is 9.86. The molecule has 0 aliphatic carbocycles. The maximum atomic E-state index is 14.0. The first-order chi connectivity index (χ1) is 15.0. The molecule has 0 spiro atoms. The largest absolute Gasteiger partial charge is 0.497 e. The molecule has 0 unspecified atom stereocenters. The van der Waals surface area contributed by atoms with Crippen LogP contribution in [-0.4, -0.2) is 13.7 Å². The third-order valence-electron chi connectivity index (χ3n) is 4.65. The summed E-state index contributed by atoms with van der Waals surface area (Å²) in [6.07, 6.45) is 0. The molecule has 3 aromatic carbocycles. The summed E-state index contributed by atoms with van der Waals surface area (Å²) in [4.78, 5) is 0. The van der Waals surface area contributed by atoms with Crippen molar-refractivity contribution >= 4 is 23.2 Å². The molecule has 0 heterocycles. The van der Waals surface area contributed by atoms with Crippen LogP contribution in [0, 0.1) is 5.82 Å². The van der Waals surface area contributed by atoms with E-state index in [-0.39, 0.29) is 12.2 Å². The van der Waals surface area contributed by atoms with Crippen LogP contribution >= 0.6 is 23.2 Å². The number of hydrogen-bond acceptors (Lipinski definition) is 4. The summed E-state index contributed by atoms with van der Waals surface area (Å²) in [5.74, 6) is 1.38. The topological polar surface area (TPSA) is 39.7 Å². The lowest BCUT2D eigenvalue weighted by Crippen LogP contribution is -2.13. The first kappa shape index (κ1) is 23.2. The highest BCUT2D eigenvalue weighted by molar-refractivity contribution is 6.31. The van der Waals surface area contributed by atoms with Gasteiger partial charge in [0.25, 0.3) is 0 Å². The summed E-state index contributed by atoms with van der Waals surface area (Å²) >= 11 is 12.6. The van der Waals surface area contributed by atoms with Crippen molar-refractivity contribution in [2.24, 2.45) is 0 Å². The third-order valence-corrected chi connectivity index (χ3v) is 5.36. The van der Waals surface area contributed by atoms with Crippen molar-refractivity contribution < 1.29 is 18.6 Å². The fraction of sp³-hybridized carbons (Fsp3) is 0.250. The molecular formula is C24H24Cl2FNO3. The fourth-order valence-electron chi connectivity index (χ4n) is 3.00. The minimum atomic E-state index is -0.420. The predicted molar refractivity (Wildman–Crippen MR) is 122 cm³/mol. The Kier molecular flexibility index (Phi) is 8.41. The second-order valence-electron chi connectivity index (χ2n) is 6.76. The van der Waals surface area contributed by atoms with E-state index in [2.05, 4.69) is 5.32 Å². The van der Waals surface area contributed by atoms with Gasteiger partial charge in [-0.05, 0) is 48.4 Å². The number of hydrogen-bond donors (Lipinski definition) is 1. The van der Waals surface area contributed by atoms with Crippen molar-refractivity contribution in [1.29, 1.82) is 0 Å². The fourth-order valence-corrected chi connectivity index (χ4v) is 3.44. The van der Waals surface area contributed by atoms with Gasteiger partial charge in [-0.3, -0.25) is 0 Å². The Morgan fingerprint density at radius 1 is 0.903 bits per heavy atom. The maximum absolute atomic E-state index is 14.0. The van der Waals surface area contributed by atoms with Crippen molar-refractivity contribution in [3.05, 3.63) is 87.2 Å². The first-order valence-corrected chi connectivity index (χ1v) is 10.6. The Bertz CT molecular complexity index is 992. The van der Waals surface area contributed by atoms with Crippen LogP contribution in [0.4, 0.5) is 4.39 Å². The van der Waals surface area contributed by atoms with Gasteiger partial charge in [-0.2, -0.15) is 0 Å². The minimum absolute atomic E-state index is 0.0308. The average molecular weight is 464 g/mol. The maximum Gasteiger partial charge on any atom is 0.163 e. The normalized spacial score (nSPS) is 10.7. The third kappa shape index (κ3) is 6.26. The van der Waals surface area contributed by atoms with Gasteiger partial charge in [0.05, 0.1) is 18.7 Å². The number of ether oxygens (including phenoxy) is 3. The summed E-state index contributed by atoms with van der Waals surface area (Å²) in [5.41, 5.74) is 2.28. The molecule has 4 nitrogen and oxygen atoms in total. The van der Waals surface area contributed by atoms with Gasteiger partial charge in [0.2, 0.25) is 0 Å². The van der Waals surface area contributed by atoms with Gasteiger partial charge in [-0.25, -0.2) is 4.39 Å². The predicted octanol–water partition coefficient (Wildman–Crippen LogP) is 6.41. The number of benzene rings is 3. The highest BCUT2D eigenvalue weighted by Gasteiger charge is 2.14. The quantitative estimate of drug-likeness (QED) is 0.377. The van der Waals surface area contributed by atoms with Crippen LogP contribution in [-0.2, 0) is 19.7 Å². The van der Waals surface area contributed by atoms with Gasteiger partial charge in [0.1, 0.15) is 18.2 Å². The zero-order valence-corrected chi connectivity index (χ0v) is 18.9. The number of nitrogens with one attached hydrogen (secondary N) is 1. The van der Waals surface area contributed by atoms with Gasteiger partial charge in [0, 0.05) is 29.7 Å². The van der Waals surface area contributed by atoms with Crippen LogP contribution in [0.3, 0.4) is 0 Å². The number of rotatable bonds is 10. The summed E-state index contributed by atoms with van der Waals surface area (Å²) in [6, 6.07) is 15.9. The van der Waals surface area contributed by atoms with E-state index in [0.717, 1.165) is 16.9 Å². The molecule has 31 heavy (non-hydrogen) atoms. The zero-order valence-electron chi connectivity index (χ0n) is 17.4. The second kappa shape index (κ2) is 11.2. The zero-order chi connectivity index (χ0) is 22.2. The van der Waals surface area contributed by atoms with E-state index in [1.165, 1.54) is 6.07 Å². The summed E-state index contributed by atoms with van der Waals surface area (Å²) in [7, 11) is 1.64. The van der Waals surface area contributed by atoms with Crippen molar-refractivity contribution in [3.63, 3.8) is 0 Å². The molecule has 3 rings (SSSR count). The van der Waals surface area contributed by atoms with Gasteiger partial charge in [-0.1, -0.05) is 41.4 Å². The number of halogens is 3. The molecule has 0 saturated heterocycles. The molecule has 1 N–H and O–H groups in total. The monoisotopic (exact) mass is 463 g/mol. The molecule has 3 aromatic rings. The molecule has 0 amide bonds. The van der Waals surface area contributed by atoms with Gasteiger partial charge < -0.3 is 19.5 Å². The molecule has 0 atom stereocenters. The minimum Gasteiger partial charge on any atom is -0.497 e. The second-order valence-corrected chi connectivity index (χ2v) is 7.58. The molecule has 0 fully saturated rings. The molecule has 0 aliphatic rings. The van der Waals surface area contributed by atoms with Crippen LogP contribution in [0.15, 0.2) is 54.6 Å². The lowest BCUT2D eigenvalue weighted by atomic mass is 10.1. The summed E-state index contributed by atoms with van der Waals surface area (Å²) in [5, 5.41) is 4.21. The van der Waals surface area contributed by atoms with Gasteiger partial charge >= 0.3 is 0 Å². The average Bonchev–Trinajstić information content (AvgIpc) is 2.76. The molecule has 7 heteroatoms. The highest BCUT2D eigenvalue weighted by Crippen LogP contribution is 2.35. The Labute approximate surface area is 191 Å². The van der Waals surface area contributed by atoms with Crippen LogP contribution in [0.1, 0.15) is 23.6 Å². The molecule has 0 radical (unpaired) electrons. The Morgan fingerprint density at radius 3 is 2.32 bits per heavy atom. The van der Waals surface area contributed by atoms with Crippen LogP contribution in [0.5, 0.6) is 17.2 Å². The van der Waals surface area contributed by atoms with E-state index in [1.807, 2.05) is 37.3 Å². The summed E-state index contributed by atoms with van der Waals surface area (Å²) in [6.45, 7) is 3.53. The molecule has 0 saturated carbocycles. The van der Waals surface area contributed by atoms with Crippen molar-refractivity contribution in [3.8, 4) is 17.2 Å². The molecule has 0 aromatic heterocycles. The lowest BCUT2D eigenvalue weighted by Gasteiger charge is -2.16. The Balaban J connectivity index is 1.68. The standard InChI is InChI=1S/C24H24Cl2FNO3/c1-3-30-23-11-17(14-28-13-16-7-9-18(29-2)10-8-16)21(26)12-24(23)31-15-19-20(25)5-4-6-22(19)27/h4-12,28H,3,13-15H2,1-2H3. The van der Waals surface area contributed by atoms with Crippen molar-refractivity contribution in [1.82, 2.24) is 5.32 Å². The molecule has 0 bridgehead atoms. The smallest absolute Gasteiger partial charge is 0.163 e. The highest BCUT2D eigenvalue weighted by atomic mass is 35.5. The number of methoxy groups -OCH3 is 1. The van der Waals surface area contributed by atoms with E-state index in [0.29, 0.717) is 41.2 Å². The molecular weight excluding hydrogens is 440 g/mol. The van der Waals surface area contributed by atoms with E-state index in [4.69, 9.17) is 37.4 Å². The van der Waals surface area contributed by atoms with E-state index in [9.17, 15) is 4.39 Å². The van der Waals surface area contributed by atoms with E-state index >= 15 is 0 Å². The van der Waals surface area contributed by atoms with Crippen LogP contribution in [0.25, 0.3) is 0 Å². The molecule has 0 aliphatic heterocycles. The van der Waals surface area contributed by atoms with E-state index in [1.54, 1.807) is 25.3 Å². The van der Waals surface area contributed by atoms with Gasteiger partial charge in [-0.15, -0.1) is 0 Å².